The molecule has 0 radical (unpaired) electrons. The lowest BCUT2D eigenvalue weighted by molar-refractivity contribution is 0.0886. The first-order valence-electron chi connectivity index (χ1n) is 6.29. The smallest absolute Gasteiger partial charge is 0.251 e. The maximum Gasteiger partial charge on any atom is 0.251 e. The van der Waals surface area contributed by atoms with Crippen LogP contribution in [0.4, 0.5) is 0 Å². The van der Waals surface area contributed by atoms with Gasteiger partial charge in [0.2, 0.25) is 0 Å². The number of hydrogen-bond acceptors (Lipinski definition) is 1. The molecule has 0 spiro atoms. The van der Waals surface area contributed by atoms with Crippen LogP contribution in [0.3, 0.4) is 0 Å². The summed E-state index contributed by atoms with van der Waals surface area (Å²) in [5.41, 5.74) is 0.660. The molecule has 0 unspecified atom stereocenters. The van der Waals surface area contributed by atoms with E-state index in [2.05, 4.69) is 37.2 Å². The van der Waals surface area contributed by atoms with Crippen molar-refractivity contribution >= 4 is 37.8 Å². The Labute approximate surface area is 125 Å². The number of rotatable bonds is 3. The molecule has 18 heavy (non-hydrogen) atoms. The molecule has 2 nitrogen and oxygen atoms in total. The van der Waals surface area contributed by atoms with E-state index < -0.39 is 0 Å². The Kier molecular flexibility index (Phi) is 4.84. The van der Waals surface area contributed by atoms with Crippen LogP contribution in [0.25, 0.3) is 0 Å². The Balaban J connectivity index is 2.10. The summed E-state index contributed by atoms with van der Waals surface area (Å²) in [6, 6.07) is 7.53. The highest BCUT2D eigenvalue weighted by Crippen LogP contribution is 2.30. The average Bonchev–Trinajstić information content (AvgIpc) is 2.40. The molecule has 0 saturated heterocycles. The molecular formula is C14H17Br2NO. The van der Waals surface area contributed by atoms with Gasteiger partial charge >= 0.3 is 0 Å². The van der Waals surface area contributed by atoms with Crippen molar-refractivity contribution in [2.75, 3.05) is 5.33 Å². The zero-order valence-corrected chi connectivity index (χ0v) is 13.4. The third-order valence-corrected chi connectivity index (χ3v) is 5.10. The fourth-order valence-electron chi connectivity index (χ4n) is 2.46. The topological polar surface area (TPSA) is 29.1 Å². The molecule has 4 heteroatoms. The van der Waals surface area contributed by atoms with Crippen molar-refractivity contribution < 1.29 is 4.79 Å². The van der Waals surface area contributed by atoms with E-state index in [0.29, 0.717) is 0 Å². The van der Waals surface area contributed by atoms with Crippen LogP contribution in [0.2, 0.25) is 0 Å². The minimum absolute atomic E-state index is 0.0256. The molecule has 1 aliphatic rings. The first kappa shape index (κ1) is 14.1. The van der Waals surface area contributed by atoms with Crippen molar-refractivity contribution in [2.24, 2.45) is 0 Å². The fraction of sp³-hybridized carbons (Fsp3) is 0.500. The number of carbonyl (C=O) groups excluding carboxylic acids is 1. The van der Waals surface area contributed by atoms with Crippen LogP contribution in [0.5, 0.6) is 0 Å². The van der Waals surface area contributed by atoms with Crippen molar-refractivity contribution in [3.05, 3.63) is 34.3 Å². The van der Waals surface area contributed by atoms with Crippen LogP contribution in [0.1, 0.15) is 42.5 Å². The van der Waals surface area contributed by atoms with Gasteiger partial charge in [0.1, 0.15) is 0 Å². The number of amides is 1. The summed E-state index contributed by atoms with van der Waals surface area (Å²) < 4.78 is 0.937. The summed E-state index contributed by atoms with van der Waals surface area (Å²) in [6.45, 7) is 0. The van der Waals surface area contributed by atoms with Crippen LogP contribution >= 0.6 is 31.9 Å². The highest BCUT2D eigenvalue weighted by molar-refractivity contribution is 9.10. The maximum absolute atomic E-state index is 12.3. The summed E-state index contributed by atoms with van der Waals surface area (Å²) in [6.07, 6.45) is 5.81. The maximum atomic E-state index is 12.3. The lowest BCUT2D eigenvalue weighted by Gasteiger charge is -2.36. The van der Waals surface area contributed by atoms with Crippen LogP contribution in [0.15, 0.2) is 28.7 Å². The van der Waals surface area contributed by atoms with E-state index in [4.69, 9.17) is 0 Å². The number of halogens is 2. The molecule has 1 aromatic carbocycles. The molecule has 0 aliphatic heterocycles. The van der Waals surface area contributed by atoms with Gasteiger partial charge in [-0.15, -0.1) is 0 Å². The van der Waals surface area contributed by atoms with Gasteiger partial charge in [-0.2, -0.15) is 0 Å². The molecule has 0 atom stereocenters. The first-order chi connectivity index (χ1) is 8.65. The second-order valence-electron chi connectivity index (χ2n) is 4.94. The highest BCUT2D eigenvalue weighted by Gasteiger charge is 2.32. The largest absolute Gasteiger partial charge is 0.346 e. The van der Waals surface area contributed by atoms with Gasteiger partial charge in [-0.3, -0.25) is 4.79 Å². The van der Waals surface area contributed by atoms with Crippen molar-refractivity contribution in [3.8, 4) is 0 Å². The Morgan fingerprint density at radius 2 is 2.00 bits per heavy atom. The Bertz CT molecular complexity index is 428. The second-order valence-corrected chi connectivity index (χ2v) is 6.42. The average molecular weight is 375 g/mol. The van der Waals surface area contributed by atoms with E-state index in [9.17, 15) is 4.79 Å². The number of hydrogen-bond donors (Lipinski definition) is 1. The number of benzene rings is 1. The minimum Gasteiger partial charge on any atom is -0.346 e. The van der Waals surface area contributed by atoms with Gasteiger partial charge in [-0.1, -0.05) is 57.2 Å². The molecular weight excluding hydrogens is 358 g/mol. The molecule has 0 bridgehead atoms. The summed E-state index contributed by atoms with van der Waals surface area (Å²) in [5, 5.41) is 4.05. The summed E-state index contributed by atoms with van der Waals surface area (Å²) in [5.74, 6) is 0.0256. The first-order valence-corrected chi connectivity index (χ1v) is 8.21. The molecule has 1 amide bonds. The van der Waals surface area contributed by atoms with Gasteiger partial charge in [0.05, 0.1) is 5.54 Å². The van der Waals surface area contributed by atoms with E-state index in [1.807, 2.05) is 24.3 Å². The van der Waals surface area contributed by atoms with E-state index in [-0.39, 0.29) is 11.4 Å². The summed E-state index contributed by atoms with van der Waals surface area (Å²) in [4.78, 5) is 12.3. The Morgan fingerprint density at radius 3 is 2.61 bits per heavy atom. The predicted molar refractivity (Wildman–Crippen MR) is 81.2 cm³/mol. The third kappa shape index (κ3) is 3.35. The van der Waals surface area contributed by atoms with Crippen molar-refractivity contribution in [2.45, 2.75) is 37.6 Å². The second kappa shape index (κ2) is 6.20. The van der Waals surface area contributed by atoms with Gasteiger partial charge in [0.25, 0.3) is 5.91 Å². The number of carbonyl (C=O) groups is 1. The SMILES string of the molecule is O=C(NC1(CBr)CCCCC1)c1cccc(Br)c1. The summed E-state index contributed by atoms with van der Waals surface area (Å²) in [7, 11) is 0. The van der Waals surface area contributed by atoms with Crippen LogP contribution in [-0.2, 0) is 0 Å². The molecule has 0 heterocycles. The Morgan fingerprint density at radius 1 is 1.28 bits per heavy atom. The molecule has 1 aromatic rings. The monoisotopic (exact) mass is 373 g/mol. The van der Waals surface area contributed by atoms with Crippen molar-refractivity contribution in [1.29, 1.82) is 0 Å². The molecule has 1 saturated carbocycles. The van der Waals surface area contributed by atoms with Gasteiger partial charge in [-0.05, 0) is 31.0 Å². The van der Waals surface area contributed by atoms with E-state index in [0.717, 1.165) is 28.2 Å². The molecule has 2 rings (SSSR count). The number of nitrogens with one attached hydrogen (secondary N) is 1. The molecule has 1 N–H and O–H groups in total. The normalized spacial score (nSPS) is 18.3. The molecule has 1 fully saturated rings. The third-order valence-electron chi connectivity index (χ3n) is 3.53. The number of alkyl halides is 1. The van der Waals surface area contributed by atoms with Crippen LogP contribution in [-0.4, -0.2) is 16.8 Å². The van der Waals surface area contributed by atoms with Gasteiger partial charge in [-0.25, -0.2) is 0 Å². The molecule has 0 aromatic heterocycles. The Hall–Kier alpha value is -0.350. The van der Waals surface area contributed by atoms with Crippen LogP contribution in [0, 0.1) is 0 Å². The van der Waals surface area contributed by atoms with E-state index in [1.165, 1.54) is 19.3 Å². The van der Waals surface area contributed by atoms with Crippen molar-refractivity contribution in [3.63, 3.8) is 0 Å². The van der Waals surface area contributed by atoms with E-state index >= 15 is 0 Å². The van der Waals surface area contributed by atoms with E-state index in [1.54, 1.807) is 0 Å². The van der Waals surface area contributed by atoms with Crippen molar-refractivity contribution in [1.82, 2.24) is 5.32 Å². The standard InChI is InChI=1S/C14H17Br2NO/c15-10-14(7-2-1-3-8-14)17-13(18)11-5-4-6-12(16)9-11/h4-6,9H,1-3,7-8,10H2,(H,17,18). The van der Waals surface area contributed by atoms with Crippen LogP contribution < -0.4 is 5.32 Å². The zero-order valence-electron chi connectivity index (χ0n) is 10.2. The molecule has 98 valence electrons. The van der Waals surface area contributed by atoms with Gasteiger partial charge < -0.3 is 5.32 Å². The minimum atomic E-state index is -0.0579. The lowest BCUT2D eigenvalue weighted by atomic mass is 9.83. The molecule has 1 aliphatic carbocycles. The highest BCUT2D eigenvalue weighted by atomic mass is 79.9. The van der Waals surface area contributed by atoms with Gasteiger partial charge in [0.15, 0.2) is 0 Å². The zero-order chi connectivity index (χ0) is 13.0. The summed E-state index contributed by atoms with van der Waals surface area (Å²) >= 11 is 6.96. The van der Waals surface area contributed by atoms with Gasteiger partial charge in [0, 0.05) is 15.4 Å². The lowest BCUT2D eigenvalue weighted by Crippen LogP contribution is -2.51. The fourth-order valence-corrected chi connectivity index (χ4v) is 3.56. The quantitative estimate of drug-likeness (QED) is 0.786. The predicted octanol–water partition coefficient (Wildman–Crippen LogP) is 4.28.